The molecule has 0 aliphatic carbocycles. The summed E-state index contributed by atoms with van der Waals surface area (Å²) >= 11 is 11.0. The minimum absolute atomic E-state index is 0.0944. The van der Waals surface area contributed by atoms with Gasteiger partial charge in [-0.2, -0.15) is 5.10 Å². The van der Waals surface area contributed by atoms with Gasteiger partial charge in [0.15, 0.2) is 16.6 Å². The minimum atomic E-state index is -0.0944. The molecule has 1 heterocycles. The predicted molar refractivity (Wildman–Crippen MR) is 90.0 cm³/mol. The Balaban J connectivity index is 1.83. The van der Waals surface area contributed by atoms with E-state index in [1.807, 2.05) is 0 Å². The summed E-state index contributed by atoms with van der Waals surface area (Å²) in [7, 11) is 1.45. The van der Waals surface area contributed by atoms with Crippen molar-refractivity contribution in [2.24, 2.45) is 5.10 Å². The summed E-state index contributed by atoms with van der Waals surface area (Å²) in [6, 6.07) is 3.20. The highest BCUT2D eigenvalue weighted by atomic mass is 35.5. The van der Waals surface area contributed by atoms with Crippen LogP contribution in [-0.2, 0) is 4.74 Å². The van der Waals surface area contributed by atoms with Crippen molar-refractivity contribution in [2.45, 2.75) is 18.9 Å². The number of aromatic hydroxyl groups is 1. The zero-order valence-corrected chi connectivity index (χ0v) is 13.7. The number of hydrogen-bond donors (Lipinski definition) is 3. The van der Waals surface area contributed by atoms with Crippen LogP contribution < -0.4 is 15.5 Å². The number of hydrazone groups is 1. The van der Waals surface area contributed by atoms with E-state index in [0.29, 0.717) is 17.2 Å². The second-order valence-electron chi connectivity index (χ2n) is 4.77. The number of thiocarbonyl (C=S) groups is 1. The molecule has 1 aliphatic rings. The SMILES string of the molecule is COc1cc(/C=N/NC(=S)NC[C@@H]2CCCO2)cc(Cl)c1O. The van der Waals surface area contributed by atoms with Crippen molar-refractivity contribution in [3.63, 3.8) is 0 Å². The first-order chi connectivity index (χ1) is 10.6. The Morgan fingerprint density at radius 1 is 1.64 bits per heavy atom. The number of phenolic OH excluding ortho intramolecular Hbond substituents is 1. The molecular weight excluding hydrogens is 326 g/mol. The molecule has 0 bridgehead atoms. The highest BCUT2D eigenvalue weighted by molar-refractivity contribution is 7.80. The van der Waals surface area contributed by atoms with Crippen LogP contribution in [0, 0.1) is 0 Å². The van der Waals surface area contributed by atoms with Crippen LogP contribution in [0.2, 0.25) is 5.02 Å². The Labute approximate surface area is 139 Å². The average Bonchev–Trinajstić information content (AvgIpc) is 3.02. The lowest BCUT2D eigenvalue weighted by Gasteiger charge is -2.11. The van der Waals surface area contributed by atoms with E-state index < -0.39 is 0 Å². The van der Waals surface area contributed by atoms with Crippen LogP contribution in [-0.4, -0.2) is 42.8 Å². The van der Waals surface area contributed by atoms with Crippen molar-refractivity contribution in [2.75, 3.05) is 20.3 Å². The second kappa shape index (κ2) is 8.17. The van der Waals surface area contributed by atoms with Gasteiger partial charge in [0.05, 0.1) is 24.5 Å². The molecule has 0 aromatic heterocycles. The molecule has 8 heteroatoms. The molecular formula is C14H18ClN3O3S. The molecule has 0 saturated carbocycles. The first-order valence-electron chi connectivity index (χ1n) is 6.85. The van der Waals surface area contributed by atoms with Gasteiger partial charge in [-0.25, -0.2) is 0 Å². The molecule has 1 saturated heterocycles. The van der Waals surface area contributed by atoms with Gasteiger partial charge in [0.2, 0.25) is 0 Å². The lowest BCUT2D eigenvalue weighted by atomic mass is 10.2. The molecule has 22 heavy (non-hydrogen) atoms. The molecule has 3 N–H and O–H groups in total. The number of ether oxygens (including phenoxy) is 2. The fourth-order valence-electron chi connectivity index (χ4n) is 2.04. The number of nitrogens with zero attached hydrogens (tertiary/aromatic N) is 1. The van der Waals surface area contributed by atoms with Crippen LogP contribution in [0.3, 0.4) is 0 Å². The maximum Gasteiger partial charge on any atom is 0.187 e. The highest BCUT2D eigenvalue weighted by Gasteiger charge is 2.15. The van der Waals surface area contributed by atoms with E-state index in [2.05, 4.69) is 15.8 Å². The number of phenols is 1. The van der Waals surface area contributed by atoms with Crippen LogP contribution in [0.15, 0.2) is 17.2 Å². The molecule has 0 amide bonds. The van der Waals surface area contributed by atoms with Crippen molar-refractivity contribution in [1.29, 1.82) is 0 Å². The zero-order chi connectivity index (χ0) is 15.9. The number of nitrogens with one attached hydrogen (secondary N) is 2. The Morgan fingerprint density at radius 3 is 3.14 bits per heavy atom. The monoisotopic (exact) mass is 343 g/mol. The first kappa shape index (κ1) is 16.8. The molecule has 0 unspecified atom stereocenters. The van der Waals surface area contributed by atoms with E-state index in [1.165, 1.54) is 13.3 Å². The summed E-state index contributed by atoms with van der Waals surface area (Å²) in [5.41, 5.74) is 3.39. The average molecular weight is 344 g/mol. The van der Waals surface area contributed by atoms with Gasteiger partial charge in [-0.1, -0.05) is 11.6 Å². The number of methoxy groups -OCH3 is 1. The van der Waals surface area contributed by atoms with E-state index in [1.54, 1.807) is 12.1 Å². The smallest absolute Gasteiger partial charge is 0.187 e. The summed E-state index contributed by atoms with van der Waals surface area (Å²) in [6.45, 7) is 1.48. The van der Waals surface area contributed by atoms with E-state index in [-0.39, 0.29) is 22.6 Å². The number of benzene rings is 1. The summed E-state index contributed by atoms with van der Waals surface area (Å²) in [4.78, 5) is 0. The van der Waals surface area contributed by atoms with Crippen LogP contribution in [0.4, 0.5) is 0 Å². The van der Waals surface area contributed by atoms with E-state index in [0.717, 1.165) is 19.4 Å². The molecule has 120 valence electrons. The summed E-state index contributed by atoms with van der Waals surface area (Å²) in [5.74, 6) is 0.191. The number of halogens is 1. The maximum atomic E-state index is 9.65. The molecule has 1 fully saturated rings. The molecule has 0 spiro atoms. The van der Waals surface area contributed by atoms with Gasteiger partial charge in [-0.3, -0.25) is 5.43 Å². The van der Waals surface area contributed by atoms with Gasteiger partial charge in [0, 0.05) is 13.2 Å². The van der Waals surface area contributed by atoms with Gasteiger partial charge >= 0.3 is 0 Å². The lowest BCUT2D eigenvalue weighted by Crippen LogP contribution is -2.37. The van der Waals surface area contributed by atoms with E-state index in [9.17, 15) is 5.11 Å². The Bertz CT molecular complexity index is 563. The predicted octanol–water partition coefficient (Wildman–Crippen LogP) is 2.03. The lowest BCUT2D eigenvalue weighted by molar-refractivity contribution is 0.114. The Morgan fingerprint density at radius 2 is 2.45 bits per heavy atom. The fourth-order valence-corrected chi connectivity index (χ4v) is 2.40. The van der Waals surface area contributed by atoms with E-state index >= 15 is 0 Å². The molecule has 0 radical (unpaired) electrons. The quantitative estimate of drug-likeness (QED) is 0.431. The second-order valence-corrected chi connectivity index (χ2v) is 5.58. The van der Waals surface area contributed by atoms with Crippen LogP contribution in [0.5, 0.6) is 11.5 Å². The van der Waals surface area contributed by atoms with Gasteiger partial charge < -0.3 is 19.9 Å². The molecule has 1 aliphatic heterocycles. The van der Waals surface area contributed by atoms with Gasteiger partial charge in [0.1, 0.15) is 0 Å². The van der Waals surface area contributed by atoms with Crippen LogP contribution >= 0.6 is 23.8 Å². The van der Waals surface area contributed by atoms with Gasteiger partial charge in [-0.15, -0.1) is 0 Å². The highest BCUT2D eigenvalue weighted by Crippen LogP contribution is 2.34. The normalized spacial score (nSPS) is 17.6. The van der Waals surface area contributed by atoms with Crippen LogP contribution in [0.1, 0.15) is 18.4 Å². The Kier molecular flexibility index (Phi) is 6.23. The van der Waals surface area contributed by atoms with E-state index in [4.69, 9.17) is 33.3 Å². The molecule has 6 nitrogen and oxygen atoms in total. The zero-order valence-electron chi connectivity index (χ0n) is 12.1. The van der Waals surface area contributed by atoms with Crippen molar-refractivity contribution in [3.8, 4) is 11.5 Å². The molecule has 1 atom stereocenters. The number of hydrogen-bond acceptors (Lipinski definition) is 5. The van der Waals surface area contributed by atoms with Gasteiger partial charge in [-0.05, 0) is 42.8 Å². The third kappa shape index (κ3) is 4.72. The largest absolute Gasteiger partial charge is 0.503 e. The van der Waals surface area contributed by atoms with Crippen molar-refractivity contribution in [1.82, 2.24) is 10.7 Å². The molecule has 1 aromatic carbocycles. The molecule has 1 aromatic rings. The first-order valence-corrected chi connectivity index (χ1v) is 7.63. The maximum absolute atomic E-state index is 9.65. The minimum Gasteiger partial charge on any atom is -0.503 e. The van der Waals surface area contributed by atoms with Crippen molar-refractivity contribution >= 4 is 35.1 Å². The third-order valence-corrected chi connectivity index (χ3v) is 3.69. The van der Waals surface area contributed by atoms with Gasteiger partial charge in [0.25, 0.3) is 0 Å². The van der Waals surface area contributed by atoms with Crippen molar-refractivity contribution in [3.05, 3.63) is 22.7 Å². The Hall–Kier alpha value is -1.57. The summed E-state index contributed by atoms with van der Waals surface area (Å²) in [5, 5.41) is 17.3. The summed E-state index contributed by atoms with van der Waals surface area (Å²) < 4.78 is 10.5. The van der Waals surface area contributed by atoms with Crippen molar-refractivity contribution < 1.29 is 14.6 Å². The standard InChI is InChI=1S/C14H18ClN3O3S/c1-20-12-6-9(5-11(15)13(12)19)7-17-18-14(22)16-8-10-3-2-4-21-10/h5-7,10,19H,2-4,8H2,1H3,(H2,16,18,22)/b17-7+/t10-/m0/s1. The molecule has 2 rings (SSSR count). The van der Waals surface area contributed by atoms with Crippen LogP contribution in [0.25, 0.3) is 0 Å². The third-order valence-electron chi connectivity index (χ3n) is 3.16. The summed E-state index contributed by atoms with van der Waals surface area (Å²) in [6.07, 6.45) is 3.89. The number of rotatable bonds is 5. The fraction of sp³-hybridized carbons (Fsp3) is 0.429. The topological polar surface area (TPSA) is 75.1 Å².